The molecule has 2 N–H and O–H groups in total. The third kappa shape index (κ3) is 4.51. The highest BCUT2D eigenvalue weighted by Gasteiger charge is 2.28. The van der Waals surface area contributed by atoms with E-state index in [-0.39, 0.29) is 17.8 Å². The lowest BCUT2D eigenvalue weighted by Gasteiger charge is -2.24. The normalized spacial score (nSPS) is 15.7. The lowest BCUT2D eigenvalue weighted by molar-refractivity contribution is 0.0944. The molecule has 2 aromatic heterocycles. The number of aryl methyl sites for hydroxylation is 1. The monoisotopic (exact) mass is 393 g/mol. The van der Waals surface area contributed by atoms with Crippen LogP contribution in [0.4, 0.5) is 4.39 Å². The van der Waals surface area contributed by atoms with Crippen molar-refractivity contribution in [1.82, 2.24) is 25.4 Å². The number of nitrogens with one attached hydrogen (secondary N) is 2. The molecule has 1 aromatic carbocycles. The number of nitrogens with zero attached hydrogens (tertiary/aromatic N) is 3. The highest BCUT2D eigenvalue weighted by atomic mass is 19.1. The van der Waals surface area contributed by atoms with Crippen LogP contribution in [0.2, 0.25) is 0 Å². The first-order valence-corrected chi connectivity index (χ1v) is 9.80. The largest absolute Gasteiger partial charge is 0.347 e. The van der Waals surface area contributed by atoms with Crippen LogP contribution in [0.3, 0.4) is 0 Å². The summed E-state index contributed by atoms with van der Waals surface area (Å²) in [5.74, 6) is -0.484. The second kappa shape index (κ2) is 8.53. The van der Waals surface area contributed by atoms with Crippen molar-refractivity contribution in [3.05, 3.63) is 82.7 Å². The zero-order chi connectivity index (χ0) is 20.2. The van der Waals surface area contributed by atoms with Gasteiger partial charge in [0.15, 0.2) is 5.69 Å². The first kappa shape index (κ1) is 19.3. The predicted octanol–water partition coefficient (Wildman–Crippen LogP) is 2.53. The van der Waals surface area contributed by atoms with E-state index in [2.05, 4.69) is 20.7 Å². The molecule has 0 aliphatic heterocycles. The van der Waals surface area contributed by atoms with E-state index in [4.69, 9.17) is 0 Å². The summed E-state index contributed by atoms with van der Waals surface area (Å²) in [7, 11) is 1.89. The van der Waals surface area contributed by atoms with Crippen LogP contribution in [0.15, 0.2) is 48.8 Å². The third-order valence-corrected chi connectivity index (χ3v) is 5.35. The van der Waals surface area contributed by atoms with Crippen LogP contribution in [0, 0.1) is 5.82 Å². The summed E-state index contributed by atoms with van der Waals surface area (Å²) in [6.45, 7) is 1.09. The van der Waals surface area contributed by atoms with Crippen LogP contribution in [0.5, 0.6) is 0 Å². The molecular weight excluding hydrogens is 369 g/mol. The maximum Gasteiger partial charge on any atom is 0.272 e. The molecule has 29 heavy (non-hydrogen) atoms. The van der Waals surface area contributed by atoms with Gasteiger partial charge >= 0.3 is 0 Å². The van der Waals surface area contributed by atoms with E-state index in [0.29, 0.717) is 12.2 Å². The molecule has 1 atom stereocenters. The minimum atomic E-state index is -0.288. The van der Waals surface area contributed by atoms with Gasteiger partial charge in [-0.2, -0.15) is 5.10 Å². The average molecular weight is 393 g/mol. The molecule has 1 aliphatic rings. The maximum atomic E-state index is 13.0. The van der Waals surface area contributed by atoms with Crippen LogP contribution in [-0.4, -0.2) is 26.7 Å². The van der Waals surface area contributed by atoms with Gasteiger partial charge in [0, 0.05) is 49.8 Å². The van der Waals surface area contributed by atoms with Crippen molar-refractivity contribution in [2.24, 2.45) is 7.05 Å². The zero-order valence-electron chi connectivity index (χ0n) is 16.4. The number of rotatable bonds is 6. The quantitative estimate of drug-likeness (QED) is 0.675. The van der Waals surface area contributed by atoms with Crippen molar-refractivity contribution >= 4 is 5.91 Å². The molecule has 7 heteroatoms. The minimum Gasteiger partial charge on any atom is -0.347 e. The summed E-state index contributed by atoms with van der Waals surface area (Å²) in [4.78, 5) is 16.9. The molecule has 0 bridgehead atoms. The molecule has 4 rings (SSSR count). The first-order chi connectivity index (χ1) is 14.1. The molecule has 0 spiro atoms. The number of amides is 1. The van der Waals surface area contributed by atoms with E-state index in [9.17, 15) is 9.18 Å². The predicted molar refractivity (Wildman–Crippen MR) is 108 cm³/mol. The molecule has 6 nitrogen and oxygen atoms in total. The van der Waals surface area contributed by atoms with Crippen molar-refractivity contribution < 1.29 is 9.18 Å². The van der Waals surface area contributed by atoms with Crippen LogP contribution in [0.25, 0.3) is 0 Å². The SMILES string of the molecule is Cn1nc(C(=O)NCc2ccc(F)cc2)c2c1CC[C@@H](NCc1cccnc1)C2. The number of carbonyl (C=O) groups is 1. The fourth-order valence-electron chi connectivity index (χ4n) is 3.78. The Balaban J connectivity index is 1.42. The minimum absolute atomic E-state index is 0.195. The van der Waals surface area contributed by atoms with Gasteiger partial charge in [-0.3, -0.25) is 14.5 Å². The lowest BCUT2D eigenvalue weighted by atomic mass is 9.91. The Kier molecular flexibility index (Phi) is 5.67. The fourth-order valence-corrected chi connectivity index (χ4v) is 3.78. The van der Waals surface area contributed by atoms with Gasteiger partial charge in [0.05, 0.1) is 0 Å². The van der Waals surface area contributed by atoms with E-state index in [1.807, 2.05) is 30.1 Å². The molecule has 0 radical (unpaired) electrons. The third-order valence-electron chi connectivity index (χ3n) is 5.35. The summed E-state index contributed by atoms with van der Waals surface area (Å²) >= 11 is 0. The Morgan fingerprint density at radius 1 is 1.21 bits per heavy atom. The van der Waals surface area contributed by atoms with E-state index in [1.165, 1.54) is 12.1 Å². The number of aromatic nitrogens is 3. The smallest absolute Gasteiger partial charge is 0.272 e. The molecule has 150 valence electrons. The fraction of sp³-hybridized carbons (Fsp3) is 0.318. The van der Waals surface area contributed by atoms with Crippen molar-refractivity contribution in [3.63, 3.8) is 0 Å². The highest BCUT2D eigenvalue weighted by Crippen LogP contribution is 2.24. The van der Waals surface area contributed by atoms with Crippen LogP contribution in [0.1, 0.15) is 39.3 Å². The van der Waals surface area contributed by atoms with Crippen LogP contribution < -0.4 is 10.6 Å². The number of pyridine rings is 1. The second-order valence-electron chi connectivity index (χ2n) is 7.39. The molecule has 1 aliphatic carbocycles. The summed E-state index contributed by atoms with van der Waals surface area (Å²) in [6.07, 6.45) is 6.28. The van der Waals surface area contributed by atoms with Gasteiger partial charge in [0.25, 0.3) is 5.91 Å². The van der Waals surface area contributed by atoms with Crippen LogP contribution in [-0.2, 0) is 33.0 Å². The van der Waals surface area contributed by atoms with E-state index in [1.54, 1.807) is 18.3 Å². The Hall–Kier alpha value is -3.06. The average Bonchev–Trinajstić information content (AvgIpc) is 3.08. The van der Waals surface area contributed by atoms with Crippen LogP contribution >= 0.6 is 0 Å². The Morgan fingerprint density at radius 3 is 2.79 bits per heavy atom. The first-order valence-electron chi connectivity index (χ1n) is 9.80. The van der Waals surface area contributed by atoms with Gasteiger partial charge in [-0.05, 0) is 48.6 Å². The van der Waals surface area contributed by atoms with Gasteiger partial charge in [0.2, 0.25) is 0 Å². The number of hydrogen-bond donors (Lipinski definition) is 2. The number of fused-ring (bicyclic) bond motifs is 1. The number of hydrogen-bond acceptors (Lipinski definition) is 4. The summed E-state index contributed by atoms with van der Waals surface area (Å²) < 4.78 is 14.9. The number of halogens is 1. The van der Waals surface area contributed by atoms with Gasteiger partial charge in [-0.1, -0.05) is 18.2 Å². The molecule has 0 saturated heterocycles. The maximum absolute atomic E-state index is 13.0. The number of carbonyl (C=O) groups excluding carboxylic acids is 1. The van der Waals surface area contributed by atoms with Crippen molar-refractivity contribution in [1.29, 1.82) is 0 Å². The van der Waals surface area contributed by atoms with E-state index in [0.717, 1.165) is 48.2 Å². The van der Waals surface area contributed by atoms with Crippen molar-refractivity contribution in [3.8, 4) is 0 Å². The molecule has 3 aromatic rings. The number of benzene rings is 1. The van der Waals surface area contributed by atoms with Gasteiger partial charge in [-0.15, -0.1) is 0 Å². The molecular formula is C22H24FN5O. The molecule has 0 saturated carbocycles. The highest BCUT2D eigenvalue weighted by molar-refractivity contribution is 5.94. The van der Waals surface area contributed by atoms with Gasteiger partial charge < -0.3 is 10.6 Å². The van der Waals surface area contributed by atoms with E-state index >= 15 is 0 Å². The molecule has 0 unspecified atom stereocenters. The Morgan fingerprint density at radius 2 is 2.03 bits per heavy atom. The molecule has 0 fully saturated rings. The second-order valence-corrected chi connectivity index (χ2v) is 7.39. The van der Waals surface area contributed by atoms with Gasteiger partial charge in [-0.25, -0.2) is 4.39 Å². The topological polar surface area (TPSA) is 71.8 Å². The lowest BCUT2D eigenvalue weighted by Crippen LogP contribution is -2.35. The summed E-state index contributed by atoms with van der Waals surface area (Å²) in [6, 6.07) is 10.4. The summed E-state index contributed by atoms with van der Waals surface area (Å²) in [5, 5.41) is 11.0. The Labute approximate surface area is 169 Å². The van der Waals surface area contributed by atoms with Crippen molar-refractivity contribution in [2.45, 2.75) is 38.4 Å². The zero-order valence-corrected chi connectivity index (χ0v) is 16.4. The van der Waals surface area contributed by atoms with Crippen molar-refractivity contribution in [2.75, 3.05) is 0 Å². The van der Waals surface area contributed by atoms with Gasteiger partial charge in [0.1, 0.15) is 5.82 Å². The molecule has 1 amide bonds. The summed E-state index contributed by atoms with van der Waals surface area (Å²) in [5.41, 5.74) is 4.61. The standard InChI is InChI=1S/C22H24FN5O/c1-28-20-9-8-18(25-14-16-3-2-10-24-12-16)11-19(20)21(27-28)22(29)26-13-15-4-6-17(23)7-5-15/h2-7,10,12,18,25H,8-9,11,13-14H2,1H3,(H,26,29)/t18-/m1/s1. The van der Waals surface area contributed by atoms with E-state index < -0.39 is 0 Å². The molecule has 2 heterocycles. The Bertz CT molecular complexity index is 984.